The number of hydrogen-bond acceptors (Lipinski definition) is 7. The molecule has 0 radical (unpaired) electrons. The Morgan fingerprint density at radius 3 is 3.00 bits per heavy atom. The number of anilines is 1. The van der Waals surface area contributed by atoms with Crippen molar-refractivity contribution in [1.82, 2.24) is 4.98 Å². The summed E-state index contributed by atoms with van der Waals surface area (Å²) in [7, 11) is 0. The van der Waals surface area contributed by atoms with E-state index in [4.69, 9.17) is 16.1 Å². The summed E-state index contributed by atoms with van der Waals surface area (Å²) in [4.78, 5) is 18.9. The molecule has 0 saturated heterocycles. The van der Waals surface area contributed by atoms with Crippen molar-refractivity contribution >= 4 is 28.1 Å². The van der Waals surface area contributed by atoms with E-state index in [0.29, 0.717) is 0 Å². The van der Waals surface area contributed by atoms with E-state index >= 15 is 0 Å². The van der Waals surface area contributed by atoms with E-state index in [2.05, 4.69) is 15.0 Å². The van der Waals surface area contributed by atoms with Crippen LogP contribution in [-0.2, 0) is 9.63 Å². The van der Waals surface area contributed by atoms with Crippen LogP contribution in [0.4, 0.5) is 5.13 Å². The van der Waals surface area contributed by atoms with Crippen LogP contribution in [-0.4, -0.2) is 28.4 Å². The second-order valence-electron chi connectivity index (χ2n) is 2.25. The zero-order valence-corrected chi connectivity index (χ0v) is 11.2. The van der Waals surface area contributed by atoms with E-state index in [1.807, 2.05) is 0 Å². The molecule has 0 fully saturated rings. The van der Waals surface area contributed by atoms with Crippen LogP contribution in [0.1, 0.15) is 7.12 Å². The molecule has 80 valence electrons. The second kappa shape index (κ2) is 7.19. The predicted octanol–water partition coefficient (Wildman–Crippen LogP) is -2.83. The SMILES string of the molecule is N#CCON=C(C(=O)O)c1csc(N)n1.[H-].[Na+]. The van der Waals surface area contributed by atoms with Crippen molar-refractivity contribution in [1.29, 1.82) is 5.26 Å². The minimum Gasteiger partial charge on any atom is -1.00 e. The maximum absolute atomic E-state index is 10.7. The van der Waals surface area contributed by atoms with Crippen LogP contribution >= 0.6 is 11.3 Å². The van der Waals surface area contributed by atoms with E-state index in [-0.39, 0.29) is 54.1 Å². The summed E-state index contributed by atoms with van der Waals surface area (Å²) in [6, 6.07) is 1.65. The van der Waals surface area contributed by atoms with E-state index in [9.17, 15) is 4.79 Å². The van der Waals surface area contributed by atoms with Crippen LogP contribution in [0.15, 0.2) is 10.5 Å². The number of carboxylic acid groups (broad SMARTS) is 1. The van der Waals surface area contributed by atoms with Gasteiger partial charge >= 0.3 is 35.5 Å². The number of carboxylic acids is 1. The third kappa shape index (κ3) is 4.16. The van der Waals surface area contributed by atoms with Gasteiger partial charge in [-0.1, -0.05) is 5.16 Å². The molecule has 1 aromatic heterocycles. The molecule has 0 aliphatic carbocycles. The van der Waals surface area contributed by atoms with E-state index < -0.39 is 5.97 Å². The number of aromatic nitrogens is 1. The fraction of sp³-hybridized carbons (Fsp3) is 0.143. The van der Waals surface area contributed by atoms with Crippen LogP contribution in [0, 0.1) is 11.3 Å². The van der Waals surface area contributed by atoms with Crippen molar-refractivity contribution in [3.8, 4) is 6.07 Å². The first kappa shape index (κ1) is 14.9. The molecule has 0 bridgehead atoms. The van der Waals surface area contributed by atoms with Crippen LogP contribution in [0.5, 0.6) is 0 Å². The van der Waals surface area contributed by atoms with Gasteiger partial charge in [0.05, 0.1) is 0 Å². The molecule has 0 spiro atoms. The summed E-state index contributed by atoms with van der Waals surface area (Å²) in [5.41, 5.74) is 5.07. The standard InChI is InChI=1S/C7H6N4O3S.Na.H/c8-1-2-14-11-5(6(12)13)4-3-15-7(9)10-4;;/h3H,2H2,(H2,9,10)(H,12,13);;/q;+1;-1. The van der Waals surface area contributed by atoms with Crippen LogP contribution < -0.4 is 35.3 Å². The van der Waals surface area contributed by atoms with Crippen molar-refractivity contribution in [2.45, 2.75) is 0 Å². The first-order valence-electron chi connectivity index (χ1n) is 3.66. The van der Waals surface area contributed by atoms with Gasteiger partial charge in [0.1, 0.15) is 11.8 Å². The maximum atomic E-state index is 10.7. The molecule has 1 aromatic rings. The van der Waals surface area contributed by atoms with Crippen molar-refractivity contribution in [2.75, 3.05) is 12.3 Å². The van der Waals surface area contributed by atoms with Crippen LogP contribution in [0.25, 0.3) is 0 Å². The molecule has 9 heteroatoms. The van der Waals surface area contributed by atoms with Gasteiger partial charge in [-0.25, -0.2) is 9.78 Å². The number of nitriles is 1. The Labute approximate surface area is 118 Å². The number of thiazole rings is 1. The van der Waals surface area contributed by atoms with Gasteiger partial charge in [-0.3, -0.25) is 0 Å². The summed E-state index contributed by atoms with van der Waals surface area (Å²) < 4.78 is 0. The third-order valence-corrected chi connectivity index (χ3v) is 1.93. The molecule has 3 N–H and O–H groups in total. The Morgan fingerprint density at radius 1 is 1.88 bits per heavy atom. The number of hydrogen-bond donors (Lipinski definition) is 2. The molecule has 1 heterocycles. The van der Waals surface area contributed by atoms with Crippen LogP contribution in [0.3, 0.4) is 0 Å². The summed E-state index contributed by atoms with van der Waals surface area (Å²) in [6.45, 7) is -0.323. The molecule has 1 rings (SSSR count). The smallest absolute Gasteiger partial charge is 1.00 e. The van der Waals surface area contributed by atoms with E-state index in [0.717, 1.165) is 11.3 Å². The average molecular weight is 250 g/mol. The fourth-order valence-electron chi connectivity index (χ4n) is 0.717. The minimum absolute atomic E-state index is 0. The Bertz CT molecular complexity index is 445. The monoisotopic (exact) mass is 250 g/mol. The van der Waals surface area contributed by atoms with Crippen molar-refractivity contribution in [3.05, 3.63) is 11.1 Å². The first-order valence-corrected chi connectivity index (χ1v) is 4.54. The Kier molecular flexibility index (Phi) is 6.67. The third-order valence-electron chi connectivity index (χ3n) is 1.25. The van der Waals surface area contributed by atoms with Gasteiger partial charge in [0.2, 0.25) is 12.3 Å². The molecule has 0 aliphatic heterocycles. The maximum Gasteiger partial charge on any atom is 1.00 e. The van der Waals surface area contributed by atoms with Crippen molar-refractivity contribution in [3.63, 3.8) is 0 Å². The van der Waals surface area contributed by atoms with E-state index in [1.54, 1.807) is 6.07 Å². The number of nitrogens with two attached hydrogens (primary N) is 1. The van der Waals surface area contributed by atoms with Gasteiger partial charge in [-0.05, 0) is 0 Å². The number of nitrogens with zero attached hydrogens (tertiary/aromatic N) is 3. The number of aliphatic carboxylic acids is 1. The fourth-order valence-corrected chi connectivity index (χ4v) is 1.27. The van der Waals surface area contributed by atoms with Crippen LogP contribution in [0.2, 0.25) is 0 Å². The minimum atomic E-state index is -1.29. The topological polar surface area (TPSA) is 122 Å². The zero-order chi connectivity index (χ0) is 11.3. The molecular weight excluding hydrogens is 243 g/mol. The van der Waals surface area contributed by atoms with Gasteiger partial charge in [0.15, 0.2) is 5.13 Å². The largest absolute Gasteiger partial charge is 1.00 e. The van der Waals surface area contributed by atoms with Gasteiger partial charge in [0, 0.05) is 5.38 Å². The Morgan fingerprint density at radius 2 is 2.56 bits per heavy atom. The summed E-state index contributed by atoms with van der Waals surface area (Å²) >= 11 is 1.09. The molecule has 0 aliphatic rings. The Balaban J connectivity index is 0. The molecule has 7 nitrogen and oxygen atoms in total. The zero-order valence-electron chi connectivity index (χ0n) is 9.38. The van der Waals surface area contributed by atoms with Gasteiger partial charge in [-0.2, -0.15) is 5.26 Å². The molecule has 0 saturated carbocycles. The number of oxime groups is 1. The molecular formula is C7H7N4NaO3S. The normalized spacial score (nSPS) is 10.1. The summed E-state index contributed by atoms with van der Waals surface area (Å²) in [6.07, 6.45) is 0. The first-order chi connectivity index (χ1) is 7.15. The number of rotatable bonds is 4. The summed E-state index contributed by atoms with van der Waals surface area (Å²) in [5, 5.41) is 21.9. The van der Waals surface area contributed by atoms with Gasteiger partial charge in [0.25, 0.3) is 0 Å². The second-order valence-corrected chi connectivity index (χ2v) is 3.14. The van der Waals surface area contributed by atoms with Crippen molar-refractivity contribution in [2.24, 2.45) is 5.16 Å². The molecule has 16 heavy (non-hydrogen) atoms. The number of carbonyl (C=O) groups is 1. The Hall–Kier alpha value is -1.14. The molecule has 0 atom stereocenters. The number of nitrogen functional groups attached to an aromatic ring is 1. The quantitative estimate of drug-likeness (QED) is 0.257. The van der Waals surface area contributed by atoms with Crippen molar-refractivity contribution < 1.29 is 45.7 Å². The average Bonchev–Trinajstić information content (AvgIpc) is 2.59. The summed E-state index contributed by atoms with van der Waals surface area (Å²) in [5.74, 6) is -1.29. The predicted molar refractivity (Wildman–Crippen MR) is 53.4 cm³/mol. The van der Waals surface area contributed by atoms with Gasteiger partial charge in [-0.15, -0.1) is 11.3 Å². The molecule has 0 unspecified atom stereocenters. The molecule has 0 amide bonds. The molecule has 0 aromatic carbocycles. The van der Waals surface area contributed by atoms with E-state index in [1.165, 1.54) is 5.38 Å². The van der Waals surface area contributed by atoms with Gasteiger partial charge < -0.3 is 17.1 Å².